The molecule has 1 nitrogen and oxygen atoms in total. The van der Waals surface area contributed by atoms with Crippen LogP contribution in [0.1, 0.15) is 5.56 Å². The molecule has 0 aliphatic heterocycles. The molecule has 0 aromatic heterocycles. The van der Waals surface area contributed by atoms with Crippen LogP contribution >= 0.6 is 23.4 Å². The standard InChI is InChI=1S/C13H12ClNS/c14-11-7-4-8-12(13(11)15)16-9-10-5-2-1-3-6-10/h1-8H,9,15H2. The van der Waals surface area contributed by atoms with Crippen LogP contribution in [0.3, 0.4) is 0 Å². The number of rotatable bonds is 3. The normalized spacial score (nSPS) is 10.3. The summed E-state index contributed by atoms with van der Waals surface area (Å²) in [6, 6.07) is 16.0. The van der Waals surface area contributed by atoms with E-state index in [1.807, 2.05) is 36.4 Å². The van der Waals surface area contributed by atoms with Crippen LogP contribution in [0, 0.1) is 0 Å². The van der Waals surface area contributed by atoms with Crippen LogP contribution in [0.2, 0.25) is 5.02 Å². The molecule has 0 radical (unpaired) electrons. The molecule has 0 saturated heterocycles. The monoisotopic (exact) mass is 249 g/mol. The number of para-hydroxylation sites is 1. The Labute approximate surface area is 105 Å². The van der Waals surface area contributed by atoms with Gasteiger partial charge in [0.15, 0.2) is 0 Å². The number of halogens is 1. The van der Waals surface area contributed by atoms with Crippen molar-refractivity contribution >= 4 is 29.1 Å². The number of benzene rings is 2. The lowest BCUT2D eigenvalue weighted by atomic mass is 10.2. The topological polar surface area (TPSA) is 26.0 Å². The summed E-state index contributed by atoms with van der Waals surface area (Å²) >= 11 is 7.66. The van der Waals surface area contributed by atoms with E-state index >= 15 is 0 Å². The lowest BCUT2D eigenvalue weighted by Crippen LogP contribution is -1.90. The maximum atomic E-state index is 5.96. The SMILES string of the molecule is Nc1c(Cl)cccc1SCc1ccccc1. The quantitative estimate of drug-likeness (QED) is 0.651. The van der Waals surface area contributed by atoms with Crippen molar-refractivity contribution in [1.29, 1.82) is 0 Å². The third kappa shape index (κ3) is 2.71. The van der Waals surface area contributed by atoms with Gasteiger partial charge in [-0.1, -0.05) is 48.0 Å². The van der Waals surface area contributed by atoms with Crippen LogP contribution in [-0.2, 0) is 5.75 Å². The highest BCUT2D eigenvalue weighted by molar-refractivity contribution is 7.98. The van der Waals surface area contributed by atoms with E-state index in [0.717, 1.165) is 10.6 Å². The molecule has 2 aromatic rings. The maximum absolute atomic E-state index is 5.96. The number of hydrogen-bond donors (Lipinski definition) is 1. The third-order valence-corrected chi connectivity index (χ3v) is 3.72. The Balaban J connectivity index is 2.08. The molecule has 2 rings (SSSR count). The zero-order valence-electron chi connectivity index (χ0n) is 8.69. The van der Waals surface area contributed by atoms with Crippen molar-refractivity contribution in [2.75, 3.05) is 5.73 Å². The minimum Gasteiger partial charge on any atom is -0.397 e. The van der Waals surface area contributed by atoms with Gasteiger partial charge < -0.3 is 5.73 Å². The Kier molecular flexibility index (Phi) is 3.75. The second-order valence-corrected chi connectivity index (χ2v) is 4.85. The fraction of sp³-hybridized carbons (Fsp3) is 0.0769. The van der Waals surface area contributed by atoms with Crippen LogP contribution in [0.5, 0.6) is 0 Å². The Hall–Kier alpha value is -1.12. The molecule has 0 amide bonds. The summed E-state index contributed by atoms with van der Waals surface area (Å²) in [5, 5.41) is 0.623. The minimum atomic E-state index is 0.623. The molecule has 2 N–H and O–H groups in total. The first-order chi connectivity index (χ1) is 7.77. The highest BCUT2D eigenvalue weighted by Crippen LogP contribution is 2.32. The second-order valence-electron chi connectivity index (χ2n) is 3.43. The fourth-order valence-electron chi connectivity index (χ4n) is 1.38. The Morgan fingerprint density at radius 1 is 1.00 bits per heavy atom. The molecule has 0 saturated carbocycles. The molecular formula is C13H12ClNS. The Morgan fingerprint density at radius 3 is 2.50 bits per heavy atom. The van der Waals surface area contributed by atoms with Crippen molar-refractivity contribution in [2.45, 2.75) is 10.6 Å². The lowest BCUT2D eigenvalue weighted by molar-refractivity contribution is 1.38. The van der Waals surface area contributed by atoms with E-state index in [1.54, 1.807) is 11.8 Å². The molecule has 0 fully saturated rings. The van der Waals surface area contributed by atoms with Crippen LogP contribution < -0.4 is 5.73 Å². The zero-order chi connectivity index (χ0) is 11.4. The van der Waals surface area contributed by atoms with Gasteiger partial charge in [0.1, 0.15) is 0 Å². The Morgan fingerprint density at radius 2 is 1.75 bits per heavy atom. The molecule has 0 spiro atoms. The van der Waals surface area contributed by atoms with Crippen LogP contribution in [0.15, 0.2) is 53.4 Å². The summed E-state index contributed by atoms with van der Waals surface area (Å²) in [4.78, 5) is 1.04. The average Bonchev–Trinajstić information content (AvgIpc) is 2.32. The number of thioether (sulfide) groups is 1. The van der Waals surface area contributed by atoms with Crippen molar-refractivity contribution in [3.63, 3.8) is 0 Å². The summed E-state index contributed by atoms with van der Waals surface area (Å²) in [6.07, 6.45) is 0. The van der Waals surface area contributed by atoms with Crippen LogP contribution in [0.25, 0.3) is 0 Å². The highest BCUT2D eigenvalue weighted by atomic mass is 35.5. The molecule has 0 unspecified atom stereocenters. The summed E-state index contributed by atoms with van der Waals surface area (Å²) in [5.41, 5.74) is 7.85. The highest BCUT2D eigenvalue weighted by Gasteiger charge is 2.03. The predicted molar refractivity (Wildman–Crippen MR) is 71.9 cm³/mol. The minimum absolute atomic E-state index is 0.623. The van der Waals surface area contributed by atoms with Gasteiger partial charge in [-0.15, -0.1) is 11.8 Å². The van der Waals surface area contributed by atoms with Gasteiger partial charge in [0.25, 0.3) is 0 Å². The summed E-state index contributed by atoms with van der Waals surface area (Å²) in [7, 11) is 0. The molecular weight excluding hydrogens is 238 g/mol. The number of nitrogens with two attached hydrogens (primary N) is 1. The van der Waals surface area contributed by atoms with Gasteiger partial charge in [0.2, 0.25) is 0 Å². The molecule has 0 aliphatic carbocycles. The predicted octanol–water partition coefficient (Wildman–Crippen LogP) is 4.21. The molecule has 0 bridgehead atoms. The van der Waals surface area contributed by atoms with E-state index in [-0.39, 0.29) is 0 Å². The molecule has 2 aromatic carbocycles. The second kappa shape index (κ2) is 5.28. The third-order valence-electron chi connectivity index (χ3n) is 2.25. The smallest absolute Gasteiger partial charge is 0.0646 e. The van der Waals surface area contributed by atoms with Gasteiger partial charge in [-0.25, -0.2) is 0 Å². The van der Waals surface area contributed by atoms with E-state index in [1.165, 1.54) is 5.56 Å². The molecule has 0 heterocycles. The van der Waals surface area contributed by atoms with Crippen molar-refractivity contribution < 1.29 is 0 Å². The van der Waals surface area contributed by atoms with E-state index < -0.39 is 0 Å². The molecule has 16 heavy (non-hydrogen) atoms. The fourth-order valence-corrected chi connectivity index (χ4v) is 2.56. The van der Waals surface area contributed by atoms with Crippen molar-refractivity contribution in [3.8, 4) is 0 Å². The van der Waals surface area contributed by atoms with Crippen molar-refractivity contribution in [2.24, 2.45) is 0 Å². The first-order valence-electron chi connectivity index (χ1n) is 4.98. The van der Waals surface area contributed by atoms with Gasteiger partial charge in [-0.2, -0.15) is 0 Å². The van der Waals surface area contributed by atoms with Gasteiger partial charge in [-0.05, 0) is 17.7 Å². The van der Waals surface area contributed by atoms with Gasteiger partial charge in [0.05, 0.1) is 10.7 Å². The molecule has 82 valence electrons. The molecule has 0 atom stereocenters. The van der Waals surface area contributed by atoms with E-state index in [0.29, 0.717) is 10.7 Å². The summed E-state index contributed by atoms with van der Waals surface area (Å²) in [5.74, 6) is 0.908. The number of nitrogen functional groups attached to an aromatic ring is 1. The summed E-state index contributed by atoms with van der Waals surface area (Å²) in [6.45, 7) is 0. The zero-order valence-corrected chi connectivity index (χ0v) is 10.3. The van der Waals surface area contributed by atoms with Gasteiger partial charge in [0, 0.05) is 10.6 Å². The first kappa shape index (κ1) is 11.4. The summed E-state index contributed by atoms with van der Waals surface area (Å²) < 4.78 is 0. The maximum Gasteiger partial charge on any atom is 0.0646 e. The molecule has 3 heteroatoms. The largest absolute Gasteiger partial charge is 0.397 e. The van der Waals surface area contributed by atoms with E-state index in [9.17, 15) is 0 Å². The van der Waals surface area contributed by atoms with Crippen molar-refractivity contribution in [1.82, 2.24) is 0 Å². The Bertz CT molecular complexity index is 471. The van der Waals surface area contributed by atoms with E-state index in [2.05, 4.69) is 12.1 Å². The average molecular weight is 250 g/mol. The lowest BCUT2D eigenvalue weighted by Gasteiger charge is -2.06. The van der Waals surface area contributed by atoms with E-state index in [4.69, 9.17) is 17.3 Å². The number of hydrogen-bond acceptors (Lipinski definition) is 2. The van der Waals surface area contributed by atoms with Crippen molar-refractivity contribution in [3.05, 3.63) is 59.1 Å². The van der Waals surface area contributed by atoms with Crippen LogP contribution in [0.4, 0.5) is 5.69 Å². The molecule has 0 aliphatic rings. The van der Waals surface area contributed by atoms with Crippen LogP contribution in [-0.4, -0.2) is 0 Å². The first-order valence-corrected chi connectivity index (χ1v) is 6.34. The van der Waals surface area contributed by atoms with Gasteiger partial charge in [-0.3, -0.25) is 0 Å². The van der Waals surface area contributed by atoms with Gasteiger partial charge >= 0.3 is 0 Å². The number of anilines is 1.